The molecule has 0 bridgehead atoms. The minimum absolute atomic E-state index is 0.371. The van der Waals surface area contributed by atoms with E-state index in [1.807, 2.05) is 6.92 Å². The summed E-state index contributed by atoms with van der Waals surface area (Å²) in [5.74, 6) is -1.30. The predicted octanol–water partition coefficient (Wildman–Crippen LogP) is -1.07. The quantitative estimate of drug-likeness (QED) is 0.265. The number of quaternary nitrogens is 1. The largest absolute Gasteiger partial charge is 0.550 e. The molecule has 0 aromatic carbocycles. The van der Waals surface area contributed by atoms with Crippen molar-refractivity contribution < 1.29 is 19.2 Å². The van der Waals surface area contributed by atoms with Crippen LogP contribution in [0.1, 0.15) is 19.8 Å². The topological polar surface area (TPSA) is 108 Å². The molecule has 2 N–H and O–H groups in total. The molecule has 7 nitrogen and oxygen atoms in total. The Labute approximate surface area is 120 Å². The number of carboxylic acid groups (broad SMARTS) is 1. The van der Waals surface area contributed by atoms with E-state index >= 15 is 0 Å². The molecular formula is C13H26N4O3. The Hall–Kier alpha value is -1.56. The molecule has 0 fully saturated rings. The second kappa shape index (κ2) is 12.5. The maximum Gasteiger partial charge on any atom is 0.137 e. The summed E-state index contributed by atoms with van der Waals surface area (Å²) in [6.07, 6.45) is 1.08. The van der Waals surface area contributed by atoms with E-state index in [0.29, 0.717) is 6.29 Å². The summed E-state index contributed by atoms with van der Waals surface area (Å²) < 4.78 is 1.00. The van der Waals surface area contributed by atoms with Crippen molar-refractivity contribution in [1.29, 1.82) is 0 Å². The fourth-order valence-electron chi connectivity index (χ4n) is 1.04. The highest BCUT2D eigenvalue weighted by Gasteiger charge is 2.04. The van der Waals surface area contributed by atoms with Crippen molar-refractivity contribution in [3.8, 4) is 0 Å². The number of nitrogens with zero attached hydrogens (tertiary/aromatic N) is 3. The fourth-order valence-corrected chi connectivity index (χ4v) is 1.04. The van der Waals surface area contributed by atoms with Crippen molar-refractivity contribution in [3.63, 3.8) is 0 Å². The monoisotopic (exact) mass is 286 g/mol. The van der Waals surface area contributed by atoms with Gasteiger partial charge in [-0.3, -0.25) is 0 Å². The summed E-state index contributed by atoms with van der Waals surface area (Å²) in [7, 11) is 6.55. The van der Waals surface area contributed by atoms with E-state index in [4.69, 9.17) is 5.73 Å². The standard InChI is InChI=1S/C9H20N3.C4H7NO3/c1-5-10-9-11-7-6-8-12(2,3)4;5-3(2-6)1-4(7)8/h5-8H2,1-4H3;2-3H,1,5H2,(H,7,8)/q+1;/p-1/t;3-/m.0/s1. The van der Waals surface area contributed by atoms with E-state index in [1.54, 1.807) is 0 Å². The molecule has 0 spiro atoms. The lowest BCUT2D eigenvalue weighted by atomic mass is 10.2. The molecular weight excluding hydrogens is 260 g/mol. The van der Waals surface area contributed by atoms with E-state index in [2.05, 4.69) is 37.1 Å². The van der Waals surface area contributed by atoms with Crippen molar-refractivity contribution >= 4 is 18.3 Å². The Morgan fingerprint density at radius 3 is 2.35 bits per heavy atom. The number of aldehydes is 1. The van der Waals surface area contributed by atoms with Crippen molar-refractivity contribution in [2.24, 2.45) is 15.7 Å². The number of aliphatic carboxylic acids is 1. The lowest BCUT2D eigenvalue weighted by Crippen LogP contribution is -2.35. The van der Waals surface area contributed by atoms with Crippen LogP contribution in [-0.2, 0) is 9.59 Å². The van der Waals surface area contributed by atoms with Gasteiger partial charge in [0.1, 0.15) is 6.29 Å². The first-order valence-electron chi connectivity index (χ1n) is 6.52. The lowest BCUT2D eigenvalue weighted by Gasteiger charge is -2.22. The van der Waals surface area contributed by atoms with Gasteiger partial charge in [-0.05, 0) is 6.92 Å². The molecule has 0 aromatic rings. The molecule has 0 saturated carbocycles. The van der Waals surface area contributed by atoms with Gasteiger partial charge in [-0.2, -0.15) is 0 Å². The highest BCUT2D eigenvalue weighted by atomic mass is 16.4. The Bertz CT molecular complexity index is 331. The molecule has 0 aromatic heterocycles. The number of hydrogen-bond acceptors (Lipinski definition) is 6. The SMILES string of the molecule is CCN=C=NCCC[N+](C)(C)C.N[C@H](C=O)CC(=O)[O-]. The van der Waals surface area contributed by atoms with Crippen LogP contribution in [-0.4, -0.2) is 69.6 Å². The van der Waals surface area contributed by atoms with Crippen LogP contribution < -0.4 is 10.8 Å². The Morgan fingerprint density at radius 2 is 2.00 bits per heavy atom. The summed E-state index contributed by atoms with van der Waals surface area (Å²) in [5.41, 5.74) is 4.88. The molecule has 0 saturated heterocycles. The van der Waals surface area contributed by atoms with Crippen LogP contribution in [0, 0.1) is 0 Å². The number of carbonyl (C=O) groups is 2. The van der Waals surface area contributed by atoms with Gasteiger partial charge in [0.05, 0.1) is 46.3 Å². The van der Waals surface area contributed by atoms with Gasteiger partial charge in [0.25, 0.3) is 0 Å². The highest BCUT2D eigenvalue weighted by molar-refractivity contribution is 5.71. The number of rotatable bonds is 8. The molecule has 0 heterocycles. The molecule has 0 rings (SSSR count). The Morgan fingerprint density at radius 1 is 1.40 bits per heavy atom. The normalized spacial score (nSPS) is 11.4. The second-order valence-corrected chi connectivity index (χ2v) is 5.20. The molecule has 0 unspecified atom stereocenters. The molecule has 0 radical (unpaired) electrons. The molecule has 1 atom stereocenters. The number of carbonyl (C=O) groups excluding carboxylic acids is 2. The molecule has 0 aliphatic carbocycles. The van der Waals surface area contributed by atoms with Gasteiger partial charge in [-0.1, -0.05) is 0 Å². The Balaban J connectivity index is 0. The van der Waals surface area contributed by atoms with E-state index in [0.717, 1.165) is 30.5 Å². The molecule has 116 valence electrons. The zero-order chi connectivity index (χ0) is 16.0. The fraction of sp³-hybridized carbons (Fsp3) is 0.769. The van der Waals surface area contributed by atoms with Crippen LogP contribution >= 0.6 is 0 Å². The maximum absolute atomic E-state index is 9.62. The average molecular weight is 286 g/mol. The minimum atomic E-state index is -1.30. The third-order valence-electron chi connectivity index (χ3n) is 1.98. The summed E-state index contributed by atoms with van der Waals surface area (Å²) in [6.45, 7) is 4.75. The van der Waals surface area contributed by atoms with Crippen molar-refractivity contribution in [3.05, 3.63) is 0 Å². The predicted molar refractivity (Wildman–Crippen MR) is 76.5 cm³/mol. The van der Waals surface area contributed by atoms with Crippen LogP contribution in [0.2, 0.25) is 0 Å². The van der Waals surface area contributed by atoms with E-state index in [1.165, 1.54) is 0 Å². The van der Waals surface area contributed by atoms with Crippen LogP contribution in [0.3, 0.4) is 0 Å². The minimum Gasteiger partial charge on any atom is -0.550 e. The van der Waals surface area contributed by atoms with Gasteiger partial charge in [0.15, 0.2) is 0 Å². The third-order valence-corrected chi connectivity index (χ3v) is 1.98. The molecule has 0 aliphatic rings. The van der Waals surface area contributed by atoms with Crippen LogP contribution in [0.15, 0.2) is 9.98 Å². The van der Waals surface area contributed by atoms with Gasteiger partial charge < -0.3 is 24.9 Å². The number of carboxylic acids is 1. The summed E-state index contributed by atoms with van der Waals surface area (Å²) in [6, 6.07) is 1.75. The van der Waals surface area contributed by atoms with Crippen molar-refractivity contribution in [1.82, 2.24) is 0 Å². The molecule has 7 heteroatoms. The average Bonchev–Trinajstić information content (AvgIpc) is 2.32. The lowest BCUT2D eigenvalue weighted by molar-refractivity contribution is -0.870. The molecule has 20 heavy (non-hydrogen) atoms. The van der Waals surface area contributed by atoms with Gasteiger partial charge in [0.2, 0.25) is 0 Å². The van der Waals surface area contributed by atoms with Crippen molar-refractivity contribution in [2.75, 3.05) is 40.8 Å². The van der Waals surface area contributed by atoms with E-state index < -0.39 is 18.4 Å². The van der Waals surface area contributed by atoms with E-state index in [-0.39, 0.29) is 0 Å². The second-order valence-electron chi connectivity index (χ2n) is 5.20. The zero-order valence-corrected chi connectivity index (χ0v) is 12.8. The summed E-state index contributed by atoms with van der Waals surface area (Å²) in [5, 5.41) is 9.62. The number of nitrogens with two attached hydrogens (primary N) is 1. The summed E-state index contributed by atoms with van der Waals surface area (Å²) in [4.78, 5) is 27.2. The van der Waals surface area contributed by atoms with Gasteiger partial charge in [-0.15, -0.1) is 0 Å². The van der Waals surface area contributed by atoms with Gasteiger partial charge in [0, 0.05) is 25.4 Å². The van der Waals surface area contributed by atoms with Crippen LogP contribution in [0.25, 0.3) is 0 Å². The number of aliphatic imine (C=N–C) groups is 2. The highest BCUT2D eigenvalue weighted by Crippen LogP contribution is 1.92. The zero-order valence-electron chi connectivity index (χ0n) is 12.8. The van der Waals surface area contributed by atoms with Crippen LogP contribution in [0.4, 0.5) is 0 Å². The van der Waals surface area contributed by atoms with E-state index in [9.17, 15) is 14.7 Å². The van der Waals surface area contributed by atoms with Crippen molar-refractivity contribution in [2.45, 2.75) is 25.8 Å². The molecule has 0 aliphatic heterocycles. The molecule has 0 amide bonds. The first-order valence-corrected chi connectivity index (χ1v) is 6.52. The van der Waals surface area contributed by atoms with Crippen LogP contribution in [0.5, 0.6) is 0 Å². The Kier molecular flexibility index (Phi) is 12.9. The van der Waals surface area contributed by atoms with Gasteiger partial charge in [-0.25, -0.2) is 9.98 Å². The maximum atomic E-state index is 9.62. The first-order chi connectivity index (χ1) is 9.22. The smallest absolute Gasteiger partial charge is 0.137 e. The third kappa shape index (κ3) is 21.7. The first kappa shape index (κ1) is 20.8. The number of hydrogen-bond donors (Lipinski definition) is 1. The summed E-state index contributed by atoms with van der Waals surface area (Å²) >= 11 is 0. The van der Waals surface area contributed by atoms with Gasteiger partial charge >= 0.3 is 0 Å².